The third-order valence-electron chi connectivity index (χ3n) is 3.82. The number of likely N-dealkylation sites (tertiary alicyclic amines) is 1. The molecule has 1 aliphatic rings. The number of nitrogens with two attached hydrogens (primary N) is 1. The monoisotopic (exact) mass is 318 g/mol. The largest absolute Gasteiger partial charge is 0.339 e. The molecule has 1 aromatic carbocycles. The van der Waals surface area contributed by atoms with E-state index in [1.807, 2.05) is 0 Å². The summed E-state index contributed by atoms with van der Waals surface area (Å²) in [7, 11) is 0. The highest BCUT2D eigenvalue weighted by Gasteiger charge is 2.26. The predicted molar refractivity (Wildman–Crippen MR) is 80.3 cm³/mol. The summed E-state index contributed by atoms with van der Waals surface area (Å²) in [6, 6.07) is 4.08. The van der Waals surface area contributed by atoms with Gasteiger partial charge < -0.3 is 10.6 Å². The van der Waals surface area contributed by atoms with Gasteiger partial charge in [-0.05, 0) is 38.3 Å². The van der Waals surface area contributed by atoms with Crippen LogP contribution in [-0.4, -0.2) is 29.9 Å². The molecule has 1 unspecified atom stereocenters. The van der Waals surface area contributed by atoms with Crippen LogP contribution in [-0.2, 0) is 11.2 Å². The fourth-order valence-corrected chi connectivity index (χ4v) is 2.77. The third-order valence-corrected chi connectivity index (χ3v) is 3.82. The molecule has 0 aromatic heterocycles. The molecule has 0 bridgehead atoms. The van der Waals surface area contributed by atoms with Gasteiger partial charge in [-0.15, -0.1) is 12.4 Å². The van der Waals surface area contributed by atoms with Crippen molar-refractivity contribution in [3.8, 4) is 0 Å². The van der Waals surface area contributed by atoms with Crippen LogP contribution in [0, 0.1) is 11.6 Å². The molecule has 2 rings (SSSR count). The standard InChI is InChI=1S/C15H20F2N2O.ClH/c16-13-6-3-4-11(15(13)17)10-14(20)19-9-2-1-5-12(19)7-8-18;/h3-4,6,12H,1-2,5,7-10,18H2;1H. The molecule has 1 heterocycles. The second kappa shape index (κ2) is 8.29. The number of nitrogens with zero attached hydrogens (tertiary/aromatic N) is 1. The molecule has 1 atom stereocenters. The van der Waals surface area contributed by atoms with Crippen LogP contribution >= 0.6 is 12.4 Å². The Hall–Kier alpha value is -1.20. The average molecular weight is 319 g/mol. The van der Waals surface area contributed by atoms with Gasteiger partial charge in [0.1, 0.15) is 0 Å². The molecule has 2 N–H and O–H groups in total. The zero-order valence-electron chi connectivity index (χ0n) is 11.9. The van der Waals surface area contributed by atoms with Gasteiger partial charge >= 0.3 is 0 Å². The molecule has 0 saturated carbocycles. The van der Waals surface area contributed by atoms with E-state index in [0.29, 0.717) is 13.1 Å². The maximum absolute atomic E-state index is 13.6. The van der Waals surface area contributed by atoms with Crippen LogP contribution < -0.4 is 5.73 Å². The smallest absolute Gasteiger partial charge is 0.227 e. The fraction of sp³-hybridized carbons (Fsp3) is 0.533. The molecule has 1 saturated heterocycles. The summed E-state index contributed by atoms with van der Waals surface area (Å²) in [5.41, 5.74) is 5.69. The van der Waals surface area contributed by atoms with Crippen LogP contribution in [0.15, 0.2) is 18.2 Å². The van der Waals surface area contributed by atoms with Crippen molar-refractivity contribution < 1.29 is 13.6 Å². The number of carbonyl (C=O) groups is 1. The van der Waals surface area contributed by atoms with Gasteiger partial charge in [0.25, 0.3) is 0 Å². The molecule has 1 amide bonds. The molecular formula is C15H21ClF2N2O. The number of hydrogen-bond donors (Lipinski definition) is 1. The Morgan fingerprint density at radius 3 is 2.81 bits per heavy atom. The first kappa shape index (κ1) is 17.9. The summed E-state index contributed by atoms with van der Waals surface area (Å²) in [6.45, 7) is 1.21. The van der Waals surface area contributed by atoms with E-state index in [4.69, 9.17) is 5.73 Å². The van der Waals surface area contributed by atoms with E-state index in [1.54, 1.807) is 4.90 Å². The molecule has 6 heteroatoms. The van der Waals surface area contributed by atoms with Gasteiger partial charge in [-0.1, -0.05) is 12.1 Å². The minimum atomic E-state index is -0.923. The minimum Gasteiger partial charge on any atom is -0.339 e. The van der Waals surface area contributed by atoms with Crippen LogP contribution in [0.3, 0.4) is 0 Å². The Morgan fingerprint density at radius 2 is 2.10 bits per heavy atom. The van der Waals surface area contributed by atoms with Crippen molar-refractivity contribution in [3.05, 3.63) is 35.4 Å². The number of benzene rings is 1. The van der Waals surface area contributed by atoms with E-state index in [9.17, 15) is 13.6 Å². The summed E-state index contributed by atoms with van der Waals surface area (Å²) in [5.74, 6) is -1.98. The summed E-state index contributed by atoms with van der Waals surface area (Å²) < 4.78 is 26.8. The second-order valence-electron chi connectivity index (χ2n) is 5.20. The van der Waals surface area contributed by atoms with E-state index in [-0.39, 0.29) is 36.3 Å². The van der Waals surface area contributed by atoms with Gasteiger partial charge in [0.05, 0.1) is 6.42 Å². The lowest BCUT2D eigenvalue weighted by atomic mass is 9.98. The first-order valence-electron chi connectivity index (χ1n) is 7.06. The molecule has 1 fully saturated rings. The zero-order valence-corrected chi connectivity index (χ0v) is 12.7. The molecule has 0 spiro atoms. The van der Waals surface area contributed by atoms with E-state index in [1.165, 1.54) is 12.1 Å². The number of halogens is 3. The normalized spacial score (nSPS) is 18.2. The molecule has 0 radical (unpaired) electrons. The number of hydrogen-bond acceptors (Lipinski definition) is 2. The van der Waals surface area contributed by atoms with Crippen LogP contribution in [0.4, 0.5) is 8.78 Å². The van der Waals surface area contributed by atoms with Gasteiger partial charge in [-0.2, -0.15) is 0 Å². The van der Waals surface area contributed by atoms with Crippen molar-refractivity contribution >= 4 is 18.3 Å². The van der Waals surface area contributed by atoms with Crippen LogP contribution in [0.25, 0.3) is 0 Å². The quantitative estimate of drug-likeness (QED) is 0.927. The lowest BCUT2D eigenvalue weighted by molar-refractivity contribution is -0.134. The number of amides is 1. The van der Waals surface area contributed by atoms with Gasteiger partial charge in [-0.3, -0.25) is 4.79 Å². The summed E-state index contributed by atoms with van der Waals surface area (Å²) in [5, 5.41) is 0. The first-order chi connectivity index (χ1) is 9.63. The maximum atomic E-state index is 13.6. The Labute approximate surface area is 129 Å². The van der Waals surface area contributed by atoms with Gasteiger partial charge in [-0.25, -0.2) is 8.78 Å². The predicted octanol–water partition coefficient (Wildman–Crippen LogP) is 2.66. The van der Waals surface area contributed by atoms with Gasteiger partial charge in [0.15, 0.2) is 11.6 Å². The lowest BCUT2D eigenvalue weighted by Gasteiger charge is -2.35. The zero-order chi connectivity index (χ0) is 14.5. The molecule has 3 nitrogen and oxygen atoms in total. The SMILES string of the molecule is Cl.NCCC1CCCCN1C(=O)Cc1cccc(F)c1F. The van der Waals surface area contributed by atoms with Crippen molar-refractivity contribution in [1.82, 2.24) is 4.90 Å². The Bertz CT molecular complexity index is 483. The topological polar surface area (TPSA) is 46.3 Å². The summed E-state index contributed by atoms with van der Waals surface area (Å²) in [4.78, 5) is 14.1. The van der Waals surface area contributed by atoms with E-state index < -0.39 is 11.6 Å². The highest BCUT2D eigenvalue weighted by Crippen LogP contribution is 2.21. The van der Waals surface area contributed by atoms with E-state index in [2.05, 4.69) is 0 Å². The Morgan fingerprint density at radius 1 is 1.33 bits per heavy atom. The van der Waals surface area contributed by atoms with Gasteiger partial charge in [0.2, 0.25) is 5.91 Å². The highest BCUT2D eigenvalue weighted by molar-refractivity contribution is 5.85. The molecule has 118 valence electrons. The highest BCUT2D eigenvalue weighted by atomic mass is 35.5. The van der Waals surface area contributed by atoms with Crippen molar-refractivity contribution in [2.75, 3.05) is 13.1 Å². The molecule has 1 aromatic rings. The molecule has 21 heavy (non-hydrogen) atoms. The van der Waals surface area contributed by atoms with Crippen LogP contribution in [0.2, 0.25) is 0 Å². The minimum absolute atomic E-state index is 0. The van der Waals surface area contributed by atoms with Crippen LogP contribution in [0.1, 0.15) is 31.2 Å². The van der Waals surface area contributed by atoms with Crippen molar-refractivity contribution in [3.63, 3.8) is 0 Å². The summed E-state index contributed by atoms with van der Waals surface area (Å²) in [6.07, 6.45) is 3.65. The second-order valence-corrected chi connectivity index (χ2v) is 5.20. The van der Waals surface area contributed by atoms with Gasteiger partial charge in [0, 0.05) is 18.2 Å². The van der Waals surface area contributed by atoms with Crippen molar-refractivity contribution in [2.45, 2.75) is 38.1 Å². The van der Waals surface area contributed by atoms with Crippen LogP contribution in [0.5, 0.6) is 0 Å². The number of carbonyl (C=O) groups excluding carboxylic acids is 1. The Kier molecular flexibility index (Phi) is 7.05. The maximum Gasteiger partial charge on any atom is 0.227 e. The van der Waals surface area contributed by atoms with Crippen molar-refractivity contribution in [1.29, 1.82) is 0 Å². The van der Waals surface area contributed by atoms with Crippen molar-refractivity contribution in [2.24, 2.45) is 5.73 Å². The fourth-order valence-electron chi connectivity index (χ4n) is 2.77. The number of piperidine rings is 1. The average Bonchev–Trinajstić information content (AvgIpc) is 2.45. The van der Waals surface area contributed by atoms with E-state index >= 15 is 0 Å². The third kappa shape index (κ3) is 4.38. The molecular weight excluding hydrogens is 298 g/mol. The lowest BCUT2D eigenvalue weighted by Crippen LogP contribution is -2.45. The summed E-state index contributed by atoms with van der Waals surface area (Å²) >= 11 is 0. The number of rotatable bonds is 4. The molecule has 0 aliphatic carbocycles. The van der Waals surface area contributed by atoms with E-state index in [0.717, 1.165) is 31.7 Å². The Balaban J connectivity index is 0.00000220. The first-order valence-corrected chi connectivity index (χ1v) is 7.06. The molecule has 1 aliphatic heterocycles.